The number of rotatable bonds is 2. The van der Waals surface area contributed by atoms with Crippen molar-refractivity contribution in [2.45, 2.75) is 95.5 Å². The minimum Gasteiger partial charge on any atom is -0.368 e. The lowest BCUT2D eigenvalue weighted by Gasteiger charge is -2.55. The molecule has 2 saturated carbocycles. The third-order valence-electron chi connectivity index (χ3n) is 9.13. The van der Waals surface area contributed by atoms with Gasteiger partial charge in [-0.1, -0.05) is 6.42 Å². The number of hydrazine groups is 1. The topological polar surface area (TPSA) is 65.1 Å². The van der Waals surface area contributed by atoms with Crippen molar-refractivity contribution in [1.29, 1.82) is 0 Å². The number of carbonyl (C=O) groups excluding carboxylic acids is 2. The summed E-state index contributed by atoms with van der Waals surface area (Å²) in [4.78, 5) is 30.2. The third-order valence-corrected chi connectivity index (χ3v) is 9.13. The van der Waals surface area contributed by atoms with Gasteiger partial charge in [0.1, 0.15) is 6.10 Å². The highest BCUT2D eigenvalue weighted by molar-refractivity contribution is 5.82. The molecule has 3 aliphatic heterocycles. The number of nitrogens with one attached hydrogen (secondary N) is 1. The van der Waals surface area contributed by atoms with Crippen LogP contribution in [0.25, 0.3) is 0 Å². The van der Waals surface area contributed by atoms with Gasteiger partial charge in [-0.15, -0.1) is 0 Å². The van der Waals surface area contributed by atoms with E-state index in [9.17, 15) is 9.59 Å². The quantitative estimate of drug-likeness (QED) is 0.723. The lowest BCUT2D eigenvalue weighted by Crippen LogP contribution is -2.68. The van der Waals surface area contributed by atoms with Crippen molar-refractivity contribution in [3.8, 4) is 0 Å². The second-order valence-corrected chi connectivity index (χ2v) is 10.8. The lowest BCUT2D eigenvalue weighted by molar-refractivity contribution is -0.160. The van der Waals surface area contributed by atoms with E-state index < -0.39 is 0 Å². The maximum atomic E-state index is 13.5. The van der Waals surface area contributed by atoms with Crippen LogP contribution in [0.5, 0.6) is 0 Å². The average Bonchev–Trinajstić information content (AvgIpc) is 3.42. The van der Waals surface area contributed by atoms with Gasteiger partial charge in [-0.3, -0.25) is 15.0 Å². The molecule has 5 rings (SSSR count). The van der Waals surface area contributed by atoms with Crippen molar-refractivity contribution in [2.24, 2.45) is 17.8 Å². The first kappa shape index (κ1) is 21.7. The molecule has 3 heterocycles. The zero-order chi connectivity index (χ0) is 21.7. The highest BCUT2D eigenvalue weighted by atomic mass is 16.5. The summed E-state index contributed by atoms with van der Waals surface area (Å²) in [6, 6.07) is 1.03. The van der Waals surface area contributed by atoms with E-state index in [4.69, 9.17) is 4.74 Å². The van der Waals surface area contributed by atoms with Gasteiger partial charge in [0.2, 0.25) is 5.91 Å². The number of carbonyl (C=O) groups is 2. The Hall–Kier alpha value is -1.18. The zero-order valence-corrected chi connectivity index (χ0v) is 19.5. The molecule has 0 aromatic rings. The van der Waals surface area contributed by atoms with E-state index in [0.29, 0.717) is 31.0 Å². The summed E-state index contributed by atoms with van der Waals surface area (Å²) in [6.07, 6.45) is 8.68. The Morgan fingerprint density at radius 3 is 2.55 bits per heavy atom. The molecule has 174 valence electrons. The molecule has 7 unspecified atom stereocenters. The molecule has 7 heteroatoms. The van der Waals surface area contributed by atoms with Gasteiger partial charge in [0.15, 0.2) is 0 Å². The number of nitrogens with zero attached hydrogens (tertiary/aromatic N) is 3. The van der Waals surface area contributed by atoms with Crippen molar-refractivity contribution in [3.05, 3.63) is 0 Å². The molecular formula is C24H40N4O3. The van der Waals surface area contributed by atoms with Gasteiger partial charge in [-0.25, -0.2) is 5.01 Å². The maximum Gasteiger partial charge on any atom is 0.252 e. The third kappa shape index (κ3) is 3.80. The number of piperazine rings is 1. The molecule has 0 aromatic heterocycles. The molecule has 8 atom stereocenters. The second kappa shape index (κ2) is 8.64. The first-order chi connectivity index (χ1) is 15.0. The monoisotopic (exact) mass is 432 g/mol. The summed E-state index contributed by atoms with van der Waals surface area (Å²) in [5.74, 6) is 2.41. The molecule has 0 bridgehead atoms. The lowest BCUT2D eigenvalue weighted by atomic mass is 9.64. The van der Waals surface area contributed by atoms with Gasteiger partial charge in [-0.2, -0.15) is 0 Å². The van der Waals surface area contributed by atoms with Crippen LogP contribution in [0.15, 0.2) is 0 Å². The van der Waals surface area contributed by atoms with E-state index in [1.54, 1.807) is 6.92 Å². The van der Waals surface area contributed by atoms with Crippen LogP contribution in [0.4, 0.5) is 0 Å². The molecule has 1 N–H and O–H groups in total. The summed E-state index contributed by atoms with van der Waals surface area (Å²) < 4.78 is 5.78. The Morgan fingerprint density at radius 2 is 1.81 bits per heavy atom. The van der Waals surface area contributed by atoms with Crippen molar-refractivity contribution in [3.63, 3.8) is 0 Å². The highest BCUT2D eigenvalue weighted by Crippen LogP contribution is 2.46. The van der Waals surface area contributed by atoms with Gasteiger partial charge in [-0.05, 0) is 69.6 Å². The zero-order valence-electron chi connectivity index (χ0n) is 19.5. The number of ether oxygens (including phenoxy) is 1. The normalized spacial score (nSPS) is 43.6. The first-order valence-electron chi connectivity index (χ1n) is 12.6. The smallest absolute Gasteiger partial charge is 0.252 e. The van der Waals surface area contributed by atoms with Crippen LogP contribution in [0, 0.1) is 17.8 Å². The average molecular weight is 433 g/mol. The van der Waals surface area contributed by atoms with E-state index in [1.165, 1.54) is 25.7 Å². The maximum absolute atomic E-state index is 13.5. The summed E-state index contributed by atoms with van der Waals surface area (Å²) in [7, 11) is 2.19. The number of hydrogen-bond donors (Lipinski definition) is 1. The summed E-state index contributed by atoms with van der Waals surface area (Å²) >= 11 is 0. The molecule has 5 fully saturated rings. The van der Waals surface area contributed by atoms with Gasteiger partial charge in [0, 0.05) is 45.8 Å². The second-order valence-electron chi connectivity index (χ2n) is 10.8. The van der Waals surface area contributed by atoms with Crippen LogP contribution in [0.1, 0.15) is 65.2 Å². The Bertz CT molecular complexity index is 696. The molecule has 31 heavy (non-hydrogen) atoms. The fourth-order valence-electron chi connectivity index (χ4n) is 7.80. The Labute approximate surface area is 186 Å². The molecular weight excluding hydrogens is 392 g/mol. The summed E-state index contributed by atoms with van der Waals surface area (Å²) in [6.45, 7) is 6.23. The minimum absolute atomic E-state index is 0.0763. The summed E-state index contributed by atoms with van der Waals surface area (Å²) in [5.41, 5.74) is 3.58. The predicted molar refractivity (Wildman–Crippen MR) is 118 cm³/mol. The number of amides is 2. The van der Waals surface area contributed by atoms with E-state index >= 15 is 0 Å². The number of hydrogen-bond acceptors (Lipinski definition) is 5. The predicted octanol–water partition coefficient (Wildman–Crippen LogP) is 2.02. The molecule has 2 aliphatic carbocycles. The van der Waals surface area contributed by atoms with Crippen molar-refractivity contribution >= 4 is 11.8 Å². The van der Waals surface area contributed by atoms with Crippen LogP contribution >= 0.6 is 0 Å². The first-order valence-corrected chi connectivity index (χ1v) is 12.6. The van der Waals surface area contributed by atoms with Gasteiger partial charge >= 0.3 is 0 Å². The van der Waals surface area contributed by atoms with Crippen LogP contribution in [-0.4, -0.2) is 83.6 Å². The van der Waals surface area contributed by atoms with E-state index in [-0.39, 0.29) is 36.0 Å². The van der Waals surface area contributed by atoms with E-state index in [0.717, 1.165) is 38.1 Å². The SMILES string of the molecule is CC(=O)N1C2CCC(C3CCCC4C3CNN4C)CC2N(C(=O)C2CCCO2)C[C@@H]1C. The Kier molecular flexibility index (Phi) is 6.03. The van der Waals surface area contributed by atoms with Crippen molar-refractivity contribution in [1.82, 2.24) is 20.2 Å². The van der Waals surface area contributed by atoms with Gasteiger partial charge in [0.25, 0.3) is 5.91 Å². The van der Waals surface area contributed by atoms with Crippen LogP contribution in [0.2, 0.25) is 0 Å². The van der Waals surface area contributed by atoms with Gasteiger partial charge < -0.3 is 14.5 Å². The molecule has 5 aliphatic rings. The molecule has 2 amide bonds. The summed E-state index contributed by atoms with van der Waals surface area (Å²) in [5, 5.41) is 2.34. The molecule has 0 radical (unpaired) electrons. The highest BCUT2D eigenvalue weighted by Gasteiger charge is 2.51. The van der Waals surface area contributed by atoms with Gasteiger partial charge in [0.05, 0.1) is 12.1 Å². The minimum atomic E-state index is -0.274. The van der Waals surface area contributed by atoms with Crippen molar-refractivity contribution in [2.75, 3.05) is 26.7 Å². The molecule has 0 spiro atoms. The van der Waals surface area contributed by atoms with Crippen LogP contribution in [0.3, 0.4) is 0 Å². The van der Waals surface area contributed by atoms with E-state index in [1.807, 2.05) is 0 Å². The van der Waals surface area contributed by atoms with E-state index in [2.05, 4.69) is 34.2 Å². The van der Waals surface area contributed by atoms with Crippen molar-refractivity contribution < 1.29 is 14.3 Å². The van der Waals surface area contributed by atoms with Crippen LogP contribution in [-0.2, 0) is 14.3 Å². The van der Waals surface area contributed by atoms with Crippen LogP contribution < -0.4 is 5.43 Å². The standard InChI is InChI=1S/C24H40N4O3/c1-15-14-27(24(30)23-8-5-11-31-23)22-12-17(9-10-21(22)28(15)16(2)29)18-6-4-7-20-19(18)13-25-26(20)3/h15,17-23,25H,4-14H2,1-3H3/t15-,17?,18?,19?,20?,21?,22?,23?/m0/s1. The fraction of sp³-hybridized carbons (Fsp3) is 0.917. The molecule has 3 saturated heterocycles. The Balaban J connectivity index is 1.38. The molecule has 7 nitrogen and oxygen atoms in total. The largest absolute Gasteiger partial charge is 0.368 e. The Morgan fingerprint density at radius 1 is 0.968 bits per heavy atom. The molecule has 0 aromatic carbocycles. The fourth-order valence-corrected chi connectivity index (χ4v) is 7.80. The number of fused-ring (bicyclic) bond motifs is 2.